The number of ether oxygens (including phenoxy) is 4. The Hall–Kier alpha value is -1.58. The molecule has 2 fully saturated rings. The smallest absolute Gasteiger partial charge is 0.450 e. The van der Waals surface area contributed by atoms with Gasteiger partial charge < -0.3 is 29.2 Å². The normalized spacial score (nSPS) is 27.4. The van der Waals surface area contributed by atoms with Gasteiger partial charge in [0, 0.05) is 23.9 Å². The highest BCUT2D eigenvalue weighted by Crippen LogP contribution is 2.47. The van der Waals surface area contributed by atoms with E-state index in [0.29, 0.717) is 12.8 Å². The number of nitrogens with zero attached hydrogens (tertiary/aromatic N) is 1. The van der Waals surface area contributed by atoms with Gasteiger partial charge in [-0.3, -0.25) is 4.90 Å². The fraction of sp³-hybridized carbons (Fsp3) is 0.867. The molecule has 2 rings (SSSR count). The van der Waals surface area contributed by atoms with Crippen molar-refractivity contribution in [1.29, 1.82) is 0 Å². The van der Waals surface area contributed by atoms with E-state index in [0.717, 1.165) is 0 Å². The van der Waals surface area contributed by atoms with Crippen molar-refractivity contribution in [3.05, 3.63) is 0 Å². The highest BCUT2D eigenvalue weighted by atomic mass is 16.8. The molecule has 1 spiro atoms. The third-order valence-corrected chi connectivity index (χ3v) is 4.88. The van der Waals surface area contributed by atoms with Crippen LogP contribution in [0.25, 0.3) is 0 Å². The van der Waals surface area contributed by atoms with Crippen LogP contribution in [0.3, 0.4) is 0 Å². The minimum absolute atomic E-state index is 0.233. The summed E-state index contributed by atoms with van der Waals surface area (Å²) in [5.41, 5.74) is -0.466. The van der Waals surface area contributed by atoms with Crippen LogP contribution in [0, 0.1) is 0 Å². The zero-order chi connectivity index (χ0) is 18.4. The Morgan fingerprint density at radius 3 is 1.62 bits per heavy atom. The molecule has 2 saturated heterocycles. The average Bonchev–Trinajstić information content (AvgIpc) is 2.38. The van der Waals surface area contributed by atoms with E-state index in [9.17, 15) is 9.59 Å². The standard InChI is InChI=1S/C15H25NO8/c1-12(2)6-14(7-13(3,4)16(12)5)21-8-15(9-22-14,23-10(17)18)24-11(19)20/h6-9H2,1-5H3,(H,17,18)(H,19,20). The average molecular weight is 347 g/mol. The summed E-state index contributed by atoms with van der Waals surface area (Å²) >= 11 is 0. The van der Waals surface area contributed by atoms with Crippen LogP contribution in [-0.4, -0.2) is 70.3 Å². The van der Waals surface area contributed by atoms with Gasteiger partial charge in [-0.2, -0.15) is 0 Å². The van der Waals surface area contributed by atoms with Crippen molar-refractivity contribution in [3.63, 3.8) is 0 Å². The van der Waals surface area contributed by atoms with Gasteiger partial charge in [0.15, 0.2) is 5.79 Å². The van der Waals surface area contributed by atoms with Gasteiger partial charge in [0.05, 0.1) is 0 Å². The van der Waals surface area contributed by atoms with Gasteiger partial charge in [0.2, 0.25) is 0 Å². The summed E-state index contributed by atoms with van der Waals surface area (Å²) in [6.07, 6.45) is -2.25. The van der Waals surface area contributed by atoms with Crippen LogP contribution < -0.4 is 0 Å². The molecule has 0 amide bonds. The van der Waals surface area contributed by atoms with Gasteiger partial charge in [-0.25, -0.2) is 9.59 Å². The van der Waals surface area contributed by atoms with Crippen LogP contribution in [0.1, 0.15) is 40.5 Å². The summed E-state index contributed by atoms with van der Waals surface area (Å²) in [6.45, 7) is 7.53. The van der Waals surface area contributed by atoms with E-state index < -0.39 is 23.9 Å². The number of hydrogen-bond donors (Lipinski definition) is 2. The summed E-state index contributed by atoms with van der Waals surface area (Å²) < 4.78 is 20.8. The first-order valence-electron chi connectivity index (χ1n) is 7.67. The molecule has 0 aromatic carbocycles. The minimum atomic E-state index is -2.01. The number of piperidine rings is 1. The van der Waals surface area contributed by atoms with Crippen molar-refractivity contribution < 1.29 is 38.7 Å². The zero-order valence-corrected chi connectivity index (χ0v) is 14.6. The molecule has 9 heteroatoms. The van der Waals surface area contributed by atoms with E-state index in [4.69, 9.17) is 19.7 Å². The predicted molar refractivity (Wildman–Crippen MR) is 80.7 cm³/mol. The van der Waals surface area contributed by atoms with Crippen LogP contribution in [0.2, 0.25) is 0 Å². The van der Waals surface area contributed by atoms with Crippen molar-refractivity contribution in [3.8, 4) is 0 Å². The van der Waals surface area contributed by atoms with E-state index in [1.54, 1.807) is 0 Å². The summed E-state index contributed by atoms with van der Waals surface area (Å²) in [4.78, 5) is 24.0. The Labute approximate surface area is 140 Å². The highest BCUT2D eigenvalue weighted by Gasteiger charge is 2.58. The van der Waals surface area contributed by atoms with Gasteiger partial charge in [0.25, 0.3) is 0 Å². The molecule has 0 bridgehead atoms. The molecule has 2 aliphatic heterocycles. The third kappa shape index (κ3) is 3.57. The molecule has 2 heterocycles. The van der Waals surface area contributed by atoms with E-state index in [2.05, 4.69) is 42.1 Å². The Morgan fingerprint density at radius 1 is 0.917 bits per heavy atom. The second-order valence-electron chi connectivity index (χ2n) is 7.67. The molecule has 0 unspecified atom stereocenters. The zero-order valence-electron chi connectivity index (χ0n) is 14.6. The molecular formula is C15H25NO8. The molecule has 138 valence electrons. The Kier molecular flexibility index (Phi) is 4.49. The van der Waals surface area contributed by atoms with Crippen molar-refractivity contribution in [1.82, 2.24) is 4.90 Å². The maximum atomic E-state index is 10.9. The second kappa shape index (κ2) is 5.75. The first-order valence-corrected chi connectivity index (χ1v) is 7.67. The number of carbonyl (C=O) groups is 2. The van der Waals surface area contributed by atoms with Gasteiger partial charge in [-0.15, -0.1) is 0 Å². The topological polar surface area (TPSA) is 115 Å². The fourth-order valence-electron chi connectivity index (χ4n) is 3.66. The largest absolute Gasteiger partial charge is 0.509 e. The summed E-state index contributed by atoms with van der Waals surface area (Å²) in [5, 5.41) is 17.7. The number of likely N-dealkylation sites (tertiary alicyclic amines) is 1. The molecule has 0 atom stereocenters. The van der Waals surface area contributed by atoms with E-state index in [1.807, 2.05) is 7.05 Å². The number of hydrogen-bond acceptors (Lipinski definition) is 7. The Bertz CT molecular complexity index is 484. The fourth-order valence-corrected chi connectivity index (χ4v) is 3.66. The lowest BCUT2D eigenvalue weighted by atomic mass is 9.76. The van der Waals surface area contributed by atoms with E-state index >= 15 is 0 Å². The molecule has 2 aliphatic rings. The molecule has 0 aromatic heterocycles. The monoisotopic (exact) mass is 347 g/mol. The van der Waals surface area contributed by atoms with Crippen molar-refractivity contribution in [2.24, 2.45) is 0 Å². The molecule has 0 saturated carbocycles. The molecule has 0 radical (unpaired) electrons. The van der Waals surface area contributed by atoms with Gasteiger partial charge in [-0.05, 0) is 34.7 Å². The SMILES string of the molecule is CN1C(C)(C)CC2(CC1(C)C)OCC(OC(=O)O)(OC(=O)O)CO2. The van der Waals surface area contributed by atoms with Crippen LogP contribution in [0.15, 0.2) is 0 Å². The van der Waals surface area contributed by atoms with E-state index in [-0.39, 0.29) is 24.3 Å². The molecular weight excluding hydrogens is 322 g/mol. The van der Waals surface area contributed by atoms with E-state index in [1.165, 1.54) is 0 Å². The minimum Gasteiger partial charge on any atom is -0.450 e. The van der Waals surface area contributed by atoms with Crippen molar-refractivity contribution in [2.75, 3.05) is 20.3 Å². The predicted octanol–water partition coefficient (Wildman–Crippen LogP) is 2.10. The number of rotatable bonds is 2. The van der Waals surface area contributed by atoms with Crippen LogP contribution >= 0.6 is 0 Å². The van der Waals surface area contributed by atoms with Gasteiger partial charge in [-0.1, -0.05) is 0 Å². The Morgan fingerprint density at radius 2 is 1.29 bits per heavy atom. The summed E-state index contributed by atoms with van der Waals surface area (Å²) in [5.74, 6) is -2.96. The molecule has 24 heavy (non-hydrogen) atoms. The molecule has 0 aliphatic carbocycles. The quantitative estimate of drug-likeness (QED) is 0.572. The van der Waals surface area contributed by atoms with Gasteiger partial charge >= 0.3 is 18.1 Å². The van der Waals surface area contributed by atoms with Crippen molar-refractivity contribution in [2.45, 2.75) is 63.2 Å². The first-order chi connectivity index (χ1) is 10.8. The lowest BCUT2D eigenvalue weighted by Crippen LogP contribution is -2.68. The van der Waals surface area contributed by atoms with Crippen LogP contribution in [0.4, 0.5) is 9.59 Å². The highest BCUT2D eigenvalue weighted by molar-refractivity contribution is 5.60. The van der Waals surface area contributed by atoms with Crippen LogP contribution in [0.5, 0.6) is 0 Å². The first kappa shape index (κ1) is 18.8. The summed E-state index contributed by atoms with van der Waals surface area (Å²) in [7, 11) is 2.03. The molecule has 0 aromatic rings. The lowest BCUT2D eigenvalue weighted by molar-refractivity contribution is -0.386. The van der Waals surface area contributed by atoms with Gasteiger partial charge in [0.1, 0.15) is 13.2 Å². The number of carboxylic acid groups (broad SMARTS) is 2. The third-order valence-electron chi connectivity index (χ3n) is 4.88. The lowest BCUT2D eigenvalue weighted by Gasteiger charge is -2.59. The Balaban J connectivity index is 2.20. The van der Waals surface area contributed by atoms with Crippen molar-refractivity contribution >= 4 is 12.3 Å². The summed E-state index contributed by atoms with van der Waals surface area (Å²) in [6, 6.07) is 0. The maximum absolute atomic E-state index is 10.9. The second-order valence-corrected chi connectivity index (χ2v) is 7.67. The van der Waals surface area contributed by atoms with Crippen LogP contribution in [-0.2, 0) is 18.9 Å². The molecule has 9 nitrogen and oxygen atoms in total. The maximum Gasteiger partial charge on any atom is 0.509 e. The molecule has 2 N–H and O–H groups in total.